The second-order valence-corrected chi connectivity index (χ2v) is 5.37. The first-order valence-corrected chi connectivity index (χ1v) is 5.31. The lowest BCUT2D eigenvalue weighted by Crippen LogP contribution is -3.00. The molecule has 1 rings (SSSR count). The minimum Gasteiger partial charge on any atom is -1.00 e. The average molecular weight is 269 g/mol. The Morgan fingerprint density at radius 2 is 1.60 bits per heavy atom. The Labute approximate surface area is 108 Å². The van der Waals surface area contributed by atoms with Crippen LogP contribution in [0, 0.1) is 6.92 Å². The molecule has 0 aliphatic carbocycles. The van der Waals surface area contributed by atoms with E-state index in [-0.39, 0.29) is 12.4 Å². The molecular formula is C11H16Cl3N. The third-order valence-electron chi connectivity index (χ3n) is 2.00. The molecule has 0 aliphatic rings. The van der Waals surface area contributed by atoms with Gasteiger partial charge in [0.1, 0.15) is 6.54 Å². The molecule has 15 heavy (non-hydrogen) atoms. The Morgan fingerprint density at radius 1 is 1.07 bits per heavy atom. The normalized spacial score (nSPS) is 11.1. The lowest BCUT2D eigenvalue weighted by molar-refractivity contribution is -0.883. The minimum atomic E-state index is 0. The van der Waals surface area contributed by atoms with Crippen molar-refractivity contribution in [3.63, 3.8) is 0 Å². The van der Waals surface area contributed by atoms with Gasteiger partial charge in [-0.3, -0.25) is 0 Å². The fourth-order valence-corrected chi connectivity index (χ4v) is 1.78. The van der Waals surface area contributed by atoms with Crippen LogP contribution in [0.1, 0.15) is 11.1 Å². The van der Waals surface area contributed by atoms with E-state index in [4.69, 9.17) is 23.2 Å². The minimum absolute atomic E-state index is 0. The van der Waals surface area contributed by atoms with Crippen molar-refractivity contribution < 1.29 is 16.9 Å². The van der Waals surface area contributed by atoms with Crippen LogP contribution in [-0.2, 0) is 6.54 Å². The first kappa shape index (κ1) is 15.0. The molecule has 86 valence electrons. The second-order valence-electron chi connectivity index (χ2n) is 4.62. The van der Waals surface area contributed by atoms with E-state index >= 15 is 0 Å². The summed E-state index contributed by atoms with van der Waals surface area (Å²) in [6.07, 6.45) is 0. The summed E-state index contributed by atoms with van der Waals surface area (Å²) < 4.78 is 0.846. The first-order chi connectivity index (χ1) is 6.31. The molecular weight excluding hydrogens is 252 g/mol. The zero-order valence-electron chi connectivity index (χ0n) is 9.44. The molecule has 1 aromatic carbocycles. The van der Waals surface area contributed by atoms with E-state index in [1.807, 2.05) is 19.1 Å². The molecule has 0 saturated carbocycles. The fourth-order valence-electron chi connectivity index (χ4n) is 1.32. The van der Waals surface area contributed by atoms with Gasteiger partial charge in [0.2, 0.25) is 0 Å². The summed E-state index contributed by atoms with van der Waals surface area (Å²) in [5.41, 5.74) is 2.14. The van der Waals surface area contributed by atoms with Crippen molar-refractivity contribution >= 4 is 23.2 Å². The number of hydrogen-bond donors (Lipinski definition) is 0. The van der Waals surface area contributed by atoms with Gasteiger partial charge in [0.05, 0.1) is 31.2 Å². The van der Waals surface area contributed by atoms with Crippen molar-refractivity contribution in [1.82, 2.24) is 0 Å². The molecule has 0 fully saturated rings. The quantitative estimate of drug-likeness (QED) is 0.686. The van der Waals surface area contributed by atoms with Crippen LogP contribution in [0.5, 0.6) is 0 Å². The van der Waals surface area contributed by atoms with E-state index in [0.29, 0.717) is 10.0 Å². The predicted octanol–water partition coefficient (Wildman–Crippen LogP) is 0.512. The highest BCUT2D eigenvalue weighted by Crippen LogP contribution is 2.30. The van der Waals surface area contributed by atoms with Crippen molar-refractivity contribution in [2.45, 2.75) is 13.5 Å². The Balaban J connectivity index is 0.00000196. The van der Waals surface area contributed by atoms with E-state index in [1.54, 1.807) is 0 Å². The fraction of sp³-hybridized carbons (Fsp3) is 0.455. The van der Waals surface area contributed by atoms with E-state index in [0.717, 1.165) is 22.2 Å². The summed E-state index contributed by atoms with van der Waals surface area (Å²) in [7, 11) is 6.39. The molecule has 0 unspecified atom stereocenters. The number of nitrogens with zero attached hydrogens (tertiary/aromatic N) is 1. The van der Waals surface area contributed by atoms with E-state index in [2.05, 4.69) is 21.1 Å². The van der Waals surface area contributed by atoms with Gasteiger partial charge in [0, 0.05) is 5.56 Å². The van der Waals surface area contributed by atoms with Crippen LogP contribution in [-0.4, -0.2) is 25.6 Å². The largest absolute Gasteiger partial charge is 1.00 e. The van der Waals surface area contributed by atoms with Gasteiger partial charge in [-0.2, -0.15) is 0 Å². The van der Waals surface area contributed by atoms with Crippen LogP contribution in [0.25, 0.3) is 0 Å². The molecule has 0 heterocycles. The molecule has 0 N–H and O–H groups in total. The van der Waals surface area contributed by atoms with Crippen LogP contribution >= 0.6 is 23.2 Å². The van der Waals surface area contributed by atoms with Crippen LogP contribution < -0.4 is 12.4 Å². The maximum atomic E-state index is 6.16. The molecule has 0 amide bonds. The Morgan fingerprint density at radius 3 is 2.07 bits per heavy atom. The maximum Gasteiger partial charge on any atom is 0.105 e. The van der Waals surface area contributed by atoms with Crippen molar-refractivity contribution in [3.05, 3.63) is 33.3 Å². The summed E-state index contributed by atoms with van der Waals surface area (Å²) in [5, 5.41) is 1.37. The summed E-state index contributed by atoms with van der Waals surface area (Å²) in [6, 6.07) is 4.06. The molecule has 0 bridgehead atoms. The molecule has 1 nitrogen and oxygen atoms in total. The number of rotatable bonds is 2. The number of hydrogen-bond acceptors (Lipinski definition) is 0. The number of quaternary nitrogens is 1. The SMILES string of the molecule is Cc1ccc(C[N+](C)(C)C)c(Cl)c1Cl.[Cl-]. The summed E-state index contributed by atoms with van der Waals surface area (Å²) in [6.45, 7) is 2.85. The summed E-state index contributed by atoms with van der Waals surface area (Å²) in [5.74, 6) is 0. The second kappa shape index (κ2) is 5.40. The van der Waals surface area contributed by atoms with Crippen molar-refractivity contribution in [3.8, 4) is 0 Å². The Kier molecular flexibility index (Phi) is 5.42. The molecule has 0 radical (unpaired) electrons. The van der Waals surface area contributed by atoms with Gasteiger partial charge in [0.25, 0.3) is 0 Å². The number of benzene rings is 1. The van der Waals surface area contributed by atoms with Gasteiger partial charge in [-0.25, -0.2) is 0 Å². The first-order valence-electron chi connectivity index (χ1n) is 4.55. The standard InChI is InChI=1S/C11H16Cl2N.ClH/c1-8-5-6-9(7-14(2,3)4)11(13)10(8)12;/h5-6H,7H2,1-4H3;1H/q+1;/p-1. The van der Waals surface area contributed by atoms with Crippen LogP contribution in [0.2, 0.25) is 10.0 Å². The molecule has 1 aromatic rings. The van der Waals surface area contributed by atoms with Gasteiger partial charge < -0.3 is 16.9 Å². The number of halogens is 3. The predicted molar refractivity (Wildman–Crippen MR) is 62.9 cm³/mol. The van der Waals surface area contributed by atoms with Gasteiger partial charge >= 0.3 is 0 Å². The average Bonchev–Trinajstić information content (AvgIpc) is 2.04. The van der Waals surface area contributed by atoms with Crippen molar-refractivity contribution in [2.75, 3.05) is 21.1 Å². The lowest BCUT2D eigenvalue weighted by Gasteiger charge is -2.24. The molecule has 0 aromatic heterocycles. The van der Waals surface area contributed by atoms with Gasteiger partial charge in [-0.15, -0.1) is 0 Å². The third-order valence-corrected chi connectivity index (χ3v) is 3.02. The van der Waals surface area contributed by atoms with Crippen LogP contribution in [0.15, 0.2) is 12.1 Å². The third kappa shape index (κ3) is 4.20. The van der Waals surface area contributed by atoms with Crippen molar-refractivity contribution in [1.29, 1.82) is 0 Å². The monoisotopic (exact) mass is 267 g/mol. The maximum absolute atomic E-state index is 6.16. The highest BCUT2D eigenvalue weighted by atomic mass is 35.5. The molecule has 0 spiro atoms. The lowest BCUT2D eigenvalue weighted by atomic mass is 10.1. The summed E-state index contributed by atoms with van der Waals surface area (Å²) >= 11 is 12.2. The highest BCUT2D eigenvalue weighted by Gasteiger charge is 2.14. The summed E-state index contributed by atoms with van der Waals surface area (Å²) in [4.78, 5) is 0. The zero-order valence-corrected chi connectivity index (χ0v) is 11.7. The number of aryl methyl sites for hydroxylation is 1. The molecule has 0 saturated heterocycles. The van der Waals surface area contributed by atoms with Gasteiger partial charge in [-0.1, -0.05) is 35.3 Å². The van der Waals surface area contributed by atoms with Gasteiger partial charge in [-0.05, 0) is 12.5 Å². The molecule has 4 heteroatoms. The highest BCUT2D eigenvalue weighted by molar-refractivity contribution is 6.42. The molecule has 0 atom stereocenters. The molecule has 0 aliphatic heterocycles. The van der Waals surface area contributed by atoms with E-state index < -0.39 is 0 Å². The zero-order chi connectivity index (χ0) is 10.9. The topological polar surface area (TPSA) is 0 Å². The smallest absolute Gasteiger partial charge is 0.105 e. The van der Waals surface area contributed by atoms with E-state index in [1.165, 1.54) is 0 Å². The van der Waals surface area contributed by atoms with E-state index in [9.17, 15) is 0 Å². The van der Waals surface area contributed by atoms with Gasteiger partial charge in [0.15, 0.2) is 0 Å². The Bertz CT molecular complexity index is 342. The van der Waals surface area contributed by atoms with Crippen LogP contribution in [0.3, 0.4) is 0 Å². The van der Waals surface area contributed by atoms with Crippen molar-refractivity contribution in [2.24, 2.45) is 0 Å². The Hall–Kier alpha value is 0.0500. The van der Waals surface area contributed by atoms with Crippen LogP contribution in [0.4, 0.5) is 0 Å².